The summed E-state index contributed by atoms with van der Waals surface area (Å²) in [5.74, 6) is -0.340. The van der Waals surface area contributed by atoms with Crippen LogP contribution < -0.4 is 10.6 Å². The molecule has 7 heteroatoms. The van der Waals surface area contributed by atoms with Crippen LogP contribution in [0, 0.1) is 10.1 Å². The van der Waals surface area contributed by atoms with Crippen LogP contribution in [0.2, 0.25) is 0 Å². The van der Waals surface area contributed by atoms with Crippen LogP contribution in [-0.4, -0.2) is 23.9 Å². The van der Waals surface area contributed by atoms with Crippen molar-refractivity contribution in [1.82, 2.24) is 5.32 Å². The van der Waals surface area contributed by atoms with Crippen molar-refractivity contribution in [2.24, 2.45) is 0 Å². The van der Waals surface area contributed by atoms with Gasteiger partial charge in [-0.25, -0.2) is 0 Å². The molecule has 2 rings (SSSR count). The molecule has 6 nitrogen and oxygen atoms in total. The zero-order valence-corrected chi connectivity index (χ0v) is 15.0. The average Bonchev–Trinajstić information content (AvgIpc) is 2.56. The maximum Gasteiger partial charge on any atom is 0.270 e. The van der Waals surface area contributed by atoms with Crippen LogP contribution in [-0.2, 0) is 6.42 Å². The van der Waals surface area contributed by atoms with Gasteiger partial charge in [-0.05, 0) is 37.1 Å². The molecule has 0 spiro atoms. The molecule has 2 N–H and O–H groups in total. The SMILES string of the molecule is CNc1ccc([N+](=O)[O-])cc1C(=O)NC(C)Cc1ccc(Br)cc1. The lowest BCUT2D eigenvalue weighted by atomic mass is 10.1. The molecule has 126 valence electrons. The first kappa shape index (κ1) is 17.9. The number of nitro groups is 1. The summed E-state index contributed by atoms with van der Waals surface area (Å²) >= 11 is 3.39. The van der Waals surface area contributed by atoms with E-state index < -0.39 is 4.92 Å². The molecule has 0 aliphatic carbocycles. The Morgan fingerprint density at radius 3 is 2.50 bits per heavy atom. The molecule has 0 aliphatic heterocycles. The van der Waals surface area contributed by atoms with Crippen LogP contribution in [0.15, 0.2) is 46.9 Å². The van der Waals surface area contributed by atoms with Crippen LogP contribution in [0.3, 0.4) is 0 Å². The van der Waals surface area contributed by atoms with Gasteiger partial charge in [-0.2, -0.15) is 0 Å². The van der Waals surface area contributed by atoms with E-state index in [0.717, 1.165) is 10.0 Å². The average molecular weight is 392 g/mol. The van der Waals surface area contributed by atoms with Gasteiger partial charge in [-0.3, -0.25) is 14.9 Å². The topological polar surface area (TPSA) is 84.3 Å². The van der Waals surface area contributed by atoms with E-state index in [4.69, 9.17) is 0 Å². The van der Waals surface area contributed by atoms with Crippen molar-refractivity contribution in [3.8, 4) is 0 Å². The van der Waals surface area contributed by atoms with E-state index in [2.05, 4.69) is 26.6 Å². The number of nitrogens with zero attached hydrogens (tertiary/aromatic N) is 1. The number of hydrogen-bond acceptors (Lipinski definition) is 4. The monoisotopic (exact) mass is 391 g/mol. The summed E-state index contributed by atoms with van der Waals surface area (Å²) in [4.78, 5) is 22.9. The van der Waals surface area contributed by atoms with Gasteiger partial charge < -0.3 is 10.6 Å². The zero-order valence-electron chi connectivity index (χ0n) is 13.4. The van der Waals surface area contributed by atoms with Gasteiger partial charge in [0.05, 0.1) is 10.5 Å². The van der Waals surface area contributed by atoms with Crippen LogP contribution in [0.25, 0.3) is 0 Å². The second-order valence-corrected chi connectivity index (χ2v) is 6.36. The fourth-order valence-corrected chi connectivity index (χ4v) is 2.64. The number of non-ortho nitro benzene ring substituents is 1. The maximum atomic E-state index is 12.5. The van der Waals surface area contributed by atoms with E-state index in [0.29, 0.717) is 12.1 Å². The Labute approximate surface area is 148 Å². The van der Waals surface area contributed by atoms with E-state index in [9.17, 15) is 14.9 Å². The zero-order chi connectivity index (χ0) is 17.7. The number of anilines is 1. The van der Waals surface area contributed by atoms with Gasteiger partial charge >= 0.3 is 0 Å². The second kappa shape index (κ2) is 7.92. The Balaban J connectivity index is 2.12. The van der Waals surface area contributed by atoms with Crippen molar-refractivity contribution in [1.29, 1.82) is 0 Å². The summed E-state index contributed by atoms with van der Waals surface area (Å²) in [6, 6.07) is 11.9. The quantitative estimate of drug-likeness (QED) is 0.579. The molecule has 0 saturated carbocycles. The Hall–Kier alpha value is -2.41. The molecule has 2 aromatic carbocycles. The molecule has 0 aromatic heterocycles. The molecular formula is C17H18BrN3O3. The second-order valence-electron chi connectivity index (χ2n) is 5.44. The van der Waals surface area contributed by atoms with E-state index in [1.807, 2.05) is 31.2 Å². The molecular weight excluding hydrogens is 374 g/mol. The Morgan fingerprint density at radius 2 is 1.92 bits per heavy atom. The highest BCUT2D eigenvalue weighted by Gasteiger charge is 2.18. The van der Waals surface area contributed by atoms with Crippen molar-refractivity contribution in [3.05, 3.63) is 68.2 Å². The van der Waals surface area contributed by atoms with Crippen LogP contribution in [0.4, 0.5) is 11.4 Å². The number of carbonyl (C=O) groups is 1. The predicted molar refractivity (Wildman–Crippen MR) is 97.4 cm³/mol. The number of nitro benzene ring substituents is 1. The number of rotatable bonds is 6. The fourth-order valence-electron chi connectivity index (χ4n) is 2.38. The van der Waals surface area contributed by atoms with Crippen molar-refractivity contribution >= 4 is 33.2 Å². The summed E-state index contributed by atoms with van der Waals surface area (Å²) in [5, 5.41) is 16.7. The molecule has 0 fully saturated rings. The summed E-state index contributed by atoms with van der Waals surface area (Å²) in [5.41, 5.74) is 1.79. The van der Waals surface area contributed by atoms with Gasteiger partial charge in [0.2, 0.25) is 0 Å². The minimum atomic E-state index is -0.512. The minimum Gasteiger partial charge on any atom is -0.387 e. The summed E-state index contributed by atoms with van der Waals surface area (Å²) < 4.78 is 0.998. The molecule has 2 aromatic rings. The number of halogens is 1. The standard InChI is InChI=1S/C17H18BrN3O3/c1-11(9-12-3-5-13(18)6-4-12)20-17(22)15-10-14(21(23)24)7-8-16(15)19-2/h3-8,10-11,19H,9H2,1-2H3,(H,20,22). The number of benzene rings is 2. The molecule has 0 aliphatic rings. The number of nitrogens with one attached hydrogen (secondary N) is 2. The van der Waals surface area contributed by atoms with Crippen LogP contribution in [0.5, 0.6) is 0 Å². The molecule has 0 saturated heterocycles. The molecule has 1 amide bonds. The van der Waals surface area contributed by atoms with E-state index in [1.54, 1.807) is 7.05 Å². The predicted octanol–water partition coefficient (Wildman–Crippen LogP) is 3.76. The van der Waals surface area contributed by atoms with Crippen LogP contribution in [0.1, 0.15) is 22.8 Å². The number of amides is 1. The van der Waals surface area contributed by atoms with Crippen molar-refractivity contribution < 1.29 is 9.72 Å². The molecule has 0 radical (unpaired) electrons. The van der Waals surface area contributed by atoms with E-state index in [1.165, 1.54) is 18.2 Å². The molecule has 1 unspecified atom stereocenters. The highest BCUT2D eigenvalue weighted by atomic mass is 79.9. The summed E-state index contributed by atoms with van der Waals surface area (Å²) in [6.07, 6.45) is 0.669. The van der Waals surface area contributed by atoms with E-state index in [-0.39, 0.29) is 23.2 Å². The van der Waals surface area contributed by atoms with E-state index >= 15 is 0 Å². The first-order valence-electron chi connectivity index (χ1n) is 7.42. The van der Waals surface area contributed by atoms with Gasteiger partial charge in [-0.15, -0.1) is 0 Å². The lowest BCUT2D eigenvalue weighted by molar-refractivity contribution is -0.384. The molecule has 1 atom stereocenters. The smallest absolute Gasteiger partial charge is 0.270 e. The van der Waals surface area contributed by atoms with Crippen LogP contribution >= 0.6 is 15.9 Å². The Kier molecular flexibility index (Phi) is 5.92. The maximum absolute atomic E-state index is 12.5. The van der Waals surface area contributed by atoms with Crippen molar-refractivity contribution in [3.63, 3.8) is 0 Å². The third-order valence-electron chi connectivity index (χ3n) is 3.56. The fraction of sp³-hybridized carbons (Fsp3) is 0.235. The number of hydrogen-bond donors (Lipinski definition) is 2. The molecule has 0 bridgehead atoms. The first-order chi connectivity index (χ1) is 11.4. The van der Waals surface area contributed by atoms with Gasteiger partial charge in [-0.1, -0.05) is 28.1 Å². The normalized spacial score (nSPS) is 11.6. The largest absolute Gasteiger partial charge is 0.387 e. The Bertz CT molecular complexity index is 747. The van der Waals surface area contributed by atoms with Crippen molar-refractivity contribution in [2.45, 2.75) is 19.4 Å². The van der Waals surface area contributed by atoms with Gasteiger partial charge in [0.15, 0.2) is 0 Å². The Morgan fingerprint density at radius 1 is 1.25 bits per heavy atom. The third kappa shape index (κ3) is 4.55. The third-order valence-corrected chi connectivity index (χ3v) is 4.09. The minimum absolute atomic E-state index is 0.109. The van der Waals surface area contributed by atoms with Gasteiger partial charge in [0.25, 0.3) is 11.6 Å². The summed E-state index contributed by atoms with van der Waals surface area (Å²) in [6.45, 7) is 1.90. The lowest BCUT2D eigenvalue weighted by Gasteiger charge is -2.16. The molecule has 0 heterocycles. The highest BCUT2D eigenvalue weighted by Crippen LogP contribution is 2.22. The van der Waals surface area contributed by atoms with Gasteiger partial charge in [0.1, 0.15) is 0 Å². The lowest BCUT2D eigenvalue weighted by Crippen LogP contribution is -2.34. The first-order valence-corrected chi connectivity index (χ1v) is 8.21. The van der Waals surface area contributed by atoms with Gasteiger partial charge in [0, 0.05) is 35.4 Å². The highest BCUT2D eigenvalue weighted by molar-refractivity contribution is 9.10. The van der Waals surface area contributed by atoms with Crippen molar-refractivity contribution in [2.75, 3.05) is 12.4 Å². The summed E-state index contributed by atoms with van der Waals surface area (Å²) in [7, 11) is 1.67. The molecule has 24 heavy (non-hydrogen) atoms. The number of carbonyl (C=O) groups excluding carboxylic acids is 1.